The molecule has 1 saturated heterocycles. The number of hydrogen-bond donors (Lipinski definition) is 1. The van der Waals surface area contributed by atoms with Crippen molar-refractivity contribution >= 4 is 17.7 Å². The molecule has 22 heavy (non-hydrogen) atoms. The van der Waals surface area contributed by atoms with Crippen LogP contribution in [-0.4, -0.2) is 37.3 Å². The molecule has 7 heteroatoms. The van der Waals surface area contributed by atoms with Gasteiger partial charge in [-0.15, -0.1) is 0 Å². The average molecular weight is 298 g/mol. The number of nitrogens with one attached hydrogen (secondary N) is 1. The third-order valence-electron chi connectivity index (χ3n) is 3.63. The summed E-state index contributed by atoms with van der Waals surface area (Å²) in [5, 5.41) is 3.08. The minimum Gasteiger partial charge on any atom is -0.333 e. The zero-order valence-electron chi connectivity index (χ0n) is 12.7. The predicted octanol–water partition coefficient (Wildman–Crippen LogP) is 2.00. The van der Waals surface area contributed by atoms with E-state index in [1.165, 1.54) is 0 Å². The van der Waals surface area contributed by atoms with Crippen molar-refractivity contribution in [2.24, 2.45) is 0 Å². The Morgan fingerprint density at radius 1 is 1.32 bits per heavy atom. The molecule has 2 aromatic heterocycles. The monoisotopic (exact) mass is 298 g/mol. The molecule has 2 aromatic rings. The normalized spacial score (nSPS) is 17.5. The summed E-state index contributed by atoms with van der Waals surface area (Å²) < 4.78 is 0. The molecule has 114 valence electrons. The number of rotatable bonds is 3. The van der Waals surface area contributed by atoms with Crippen LogP contribution in [0, 0.1) is 6.92 Å². The van der Waals surface area contributed by atoms with E-state index in [-0.39, 0.29) is 11.9 Å². The van der Waals surface area contributed by atoms with Gasteiger partial charge in [-0.3, -0.25) is 4.79 Å². The van der Waals surface area contributed by atoms with Crippen LogP contribution in [-0.2, 0) is 4.79 Å². The topological polar surface area (TPSA) is 83.9 Å². The van der Waals surface area contributed by atoms with E-state index in [4.69, 9.17) is 0 Å². The molecule has 1 amide bonds. The van der Waals surface area contributed by atoms with Crippen LogP contribution in [0.15, 0.2) is 24.5 Å². The molecule has 0 aliphatic carbocycles. The van der Waals surface area contributed by atoms with Crippen molar-refractivity contribution in [2.45, 2.75) is 32.7 Å². The molecular weight excluding hydrogens is 280 g/mol. The van der Waals surface area contributed by atoms with Crippen LogP contribution in [0.25, 0.3) is 0 Å². The number of aromatic nitrogens is 4. The molecular formula is C15H18N6O. The molecule has 7 nitrogen and oxygen atoms in total. The van der Waals surface area contributed by atoms with E-state index in [9.17, 15) is 4.79 Å². The van der Waals surface area contributed by atoms with Gasteiger partial charge in [0.25, 0.3) is 0 Å². The summed E-state index contributed by atoms with van der Waals surface area (Å²) in [5.74, 6) is 1.87. The van der Waals surface area contributed by atoms with Gasteiger partial charge in [0.1, 0.15) is 5.82 Å². The number of aryl methyl sites for hydroxylation is 1. The smallest absolute Gasteiger partial charge is 0.228 e. The first-order valence-electron chi connectivity index (χ1n) is 7.30. The van der Waals surface area contributed by atoms with Gasteiger partial charge in [0.15, 0.2) is 5.82 Å². The standard InChI is InChI=1S/C15H18N6O/c1-10-9-13(20-15-16-6-4-7-17-15)19-14(18-10)12-5-3-8-21(12)11(2)22/h4,6-7,9,12H,3,5,8H2,1-2H3,(H,16,17,18,19,20). The van der Waals surface area contributed by atoms with Crippen LogP contribution >= 0.6 is 0 Å². The quantitative estimate of drug-likeness (QED) is 0.933. The van der Waals surface area contributed by atoms with E-state index in [1.807, 2.05) is 17.9 Å². The van der Waals surface area contributed by atoms with Crippen molar-refractivity contribution in [1.82, 2.24) is 24.8 Å². The van der Waals surface area contributed by atoms with Crippen molar-refractivity contribution in [3.8, 4) is 0 Å². The van der Waals surface area contributed by atoms with Crippen molar-refractivity contribution in [3.63, 3.8) is 0 Å². The summed E-state index contributed by atoms with van der Waals surface area (Å²) in [6, 6.07) is 3.55. The Balaban J connectivity index is 1.88. The van der Waals surface area contributed by atoms with Gasteiger partial charge in [0.2, 0.25) is 11.9 Å². The van der Waals surface area contributed by atoms with E-state index in [0.717, 1.165) is 25.1 Å². The third-order valence-corrected chi connectivity index (χ3v) is 3.63. The Morgan fingerprint density at radius 3 is 2.82 bits per heavy atom. The van der Waals surface area contributed by atoms with Gasteiger partial charge in [-0.2, -0.15) is 0 Å². The van der Waals surface area contributed by atoms with Gasteiger partial charge < -0.3 is 10.2 Å². The van der Waals surface area contributed by atoms with Gasteiger partial charge in [-0.1, -0.05) is 0 Å². The van der Waals surface area contributed by atoms with Crippen molar-refractivity contribution in [1.29, 1.82) is 0 Å². The zero-order valence-corrected chi connectivity index (χ0v) is 12.7. The van der Waals surface area contributed by atoms with E-state index in [1.54, 1.807) is 25.4 Å². The first kappa shape index (κ1) is 14.4. The van der Waals surface area contributed by atoms with E-state index < -0.39 is 0 Å². The summed E-state index contributed by atoms with van der Waals surface area (Å²) in [6.45, 7) is 4.27. The molecule has 0 bridgehead atoms. The molecule has 0 saturated carbocycles. The molecule has 1 atom stereocenters. The van der Waals surface area contributed by atoms with Crippen LogP contribution in [0.3, 0.4) is 0 Å². The van der Waals surface area contributed by atoms with Crippen LogP contribution in [0.5, 0.6) is 0 Å². The molecule has 1 unspecified atom stereocenters. The third kappa shape index (κ3) is 3.03. The number of hydrogen-bond acceptors (Lipinski definition) is 6. The number of carbonyl (C=O) groups excluding carboxylic acids is 1. The average Bonchev–Trinajstić information content (AvgIpc) is 2.97. The Labute approximate surface area is 128 Å². The fourth-order valence-electron chi connectivity index (χ4n) is 2.69. The maximum atomic E-state index is 11.7. The molecule has 1 aliphatic heterocycles. The highest BCUT2D eigenvalue weighted by Crippen LogP contribution is 2.30. The second-order valence-corrected chi connectivity index (χ2v) is 5.32. The summed E-state index contributed by atoms with van der Waals surface area (Å²) in [5.41, 5.74) is 0.846. The lowest BCUT2D eigenvalue weighted by Gasteiger charge is -2.22. The summed E-state index contributed by atoms with van der Waals surface area (Å²) in [4.78, 5) is 30.9. The van der Waals surface area contributed by atoms with Gasteiger partial charge in [-0.05, 0) is 25.8 Å². The minimum absolute atomic E-state index is 0.0466. The highest BCUT2D eigenvalue weighted by Gasteiger charge is 2.30. The van der Waals surface area contributed by atoms with Crippen molar-refractivity contribution in [3.05, 3.63) is 36.0 Å². The van der Waals surface area contributed by atoms with E-state index in [0.29, 0.717) is 17.6 Å². The van der Waals surface area contributed by atoms with Crippen molar-refractivity contribution in [2.75, 3.05) is 11.9 Å². The summed E-state index contributed by atoms with van der Waals surface area (Å²) in [7, 11) is 0. The Bertz CT molecular complexity index is 675. The first-order valence-corrected chi connectivity index (χ1v) is 7.30. The summed E-state index contributed by atoms with van der Waals surface area (Å²) >= 11 is 0. The van der Waals surface area contributed by atoms with Crippen LogP contribution in [0.2, 0.25) is 0 Å². The zero-order chi connectivity index (χ0) is 15.5. The van der Waals surface area contributed by atoms with E-state index >= 15 is 0 Å². The maximum Gasteiger partial charge on any atom is 0.228 e. The van der Waals surface area contributed by atoms with Crippen molar-refractivity contribution < 1.29 is 4.79 Å². The Hall–Kier alpha value is -2.57. The van der Waals surface area contributed by atoms with Gasteiger partial charge in [0.05, 0.1) is 6.04 Å². The highest BCUT2D eigenvalue weighted by atomic mass is 16.2. The predicted molar refractivity (Wildman–Crippen MR) is 81.4 cm³/mol. The SMILES string of the molecule is CC(=O)N1CCCC1c1nc(C)cc(Nc2ncccn2)n1. The lowest BCUT2D eigenvalue weighted by Crippen LogP contribution is -2.29. The molecule has 0 spiro atoms. The number of carbonyl (C=O) groups is 1. The highest BCUT2D eigenvalue weighted by molar-refractivity contribution is 5.74. The second-order valence-electron chi connectivity index (χ2n) is 5.32. The number of anilines is 2. The molecule has 1 fully saturated rings. The van der Waals surface area contributed by atoms with Crippen LogP contribution in [0.1, 0.15) is 37.3 Å². The second kappa shape index (κ2) is 6.05. The Morgan fingerprint density at radius 2 is 2.09 bits per heavy atom. The lowest BCUT2D eigenvalue weighted by molar-refractivity contribution is -0.129. The van der Waals surface area contributed by atoms with E-state index in [2.05, 4.69) is 25.3 Å². The minimum atomic E-state index is -0.0466. The maximum absolute atomic E-state index is 11.7. The fourth-order valence-corrected chi connectivity index (χ4v) is 2.69. The van der Waals surface area contributed by atoms with Gasteiger partial charge >= 0.3 is 0 Å². The van der Waals surface area contributed by atoms with Crippen LogP contribution < -0.4 is 5.32 Å². The summed E-state index contributed by atoms with van der Waals surface area (Å²) in [6.07, 6.45) is 5.20. The van der Waals surface area contributed by atoms with Gasteiger partial charge in [0, 0.05) is 37.6 Å². The number of amides is 1. The first-order chi connectivity index (χ1) is 10.6. The number of nitrogens with zero attached hydrogens (tertiary/aromatic N) is 5. The fraction of sp³-hybridized carbons (Fsp3) is 0.400. The largest absolute Gasteiger partial charge is 0.333 e. The number of likely N-dealkylation sites (tertiary alicyclic amines) is 1. The van der Waals surface area contributed by atoms with Crippen LogP contribution in [0.4, 0.5) is 11.8 Å². The molecule has 0 radical (unpaired) electrons. The molecule has 1 N–H and O–H groups in total. The molecule has 0 aromatic carbocycles. The lowest BCUT2D eigenvalue weighted by atomic mass is 10.2. The molecule has 1 aliphatic rings. The molecule has 3 heterocycles. The molecule has 3 rings (SSSR count). The van der Waals surface area contributed by atoms with Gasteiger partial charge in [-0.25, -0.2) is 19.9 Å². The Kier molecular flexibility index (Phi) is 3.95.